The number of aliphatic hydroxyl groups excluding tert-OH is 4. The van der Waals surface area contributed by atoms with E-state index in [2.05, 4.69) is 25.9 Å². The predicted octanol–water partition coefficient (Wildman–Crippen LogP) is 0.492. The van der Waals surface area contributed by atoms with Gasteiger partial charge in [0.2, 0.25) is 5.91 Å². The number of carbonyl (C=O) groups excluding carboxylic acids is 2. The van der Waals surface area contributed by atoms with E-state index in [1.165, 1.54) is 28.6 Å². The number of amides is 1. The van der Waals surface area contributed by atoms with E-state index >= 15 is 0 Å². The van der Waals surface area contributed by atoms with E-state index in [1.807, 2.05) is 0 Å². The van der Waals surface area contributed by atoms with E-state index in [-0.39, 0.29) is 17.2 Å². The minimum absolute atomic E-state index is 0.0832. The van der Waals surface area contributed by atoms with Gasteiger partial charge in [0, 0.05) is 19.4 Å². The average Bonchev–Trinajstić information content (AvgIpc) is 3.72. The first kappa shape index (κ1) is 36.1. The fourth-order valence-corrected chi connectivity index (χ4v) is 5.57. The minimum atomic E-state index is -3.22. The highest BCUT2D eigenvalue weighted by atomic mass is 19.3. The maximum absolute atomic E-state index is 14.5. The van der Waals surface area contributed by atoms with Crippen LogP contribution in [0.25, 0.3) is 22.6 Å². The molecular formula is C31H33F2N7O10. The maximum atomic E-state index is 14.5. The van der Waals surface area contributed by atoms with Crippen molar-refractivity contribution in [1.82, 2.24) is 35.3 Å². The quantitative estimate of drug-likeness (QED) is 0.110. The van der Waals surface area contributed by atoms with Crippen LogP contribution >= 0.6 is 0 Å². The van der Waals surface area contributed by atoms with Gasteiger partial charge in [0.05, 0.1) is 54.0 Å². The molecule has 0 spiro atoms. The first-order chi connectivity index (χ1) is 23.6. The van der Waals surface area contributed by atoms with Crippen molar-refractivity contribution in [3.63, 3.8) is 0 Å². The van der Waals surface area contributed by atoms with Crippen LogP contribution in [0, 0.1) is 6.92 Å². The Balaban J connectivity index is 1.45. The summed E-state index contributed by atoms with van der Waals surface area (Å²) in [6.07, 6.45) is -10.3. The highest BCUT2D eigenvalue weighted by molar-refractivity contribution is 5.93. The Morgan fingerprint density at radius 3 is 2.46 bits per heavy atom. The van der Waals surface area contributed by atoms with Crippen molar-refractivity contribution in [3.05, 3.63) is 65.6 Å². The van der Waals surface area contributed by atoms with Crippen molar-refractivity contribution >= 4 is 17.7 Å². The van der Waals surface area contributed by atoms with Gasteiger partial charge in [0.15, 0.2) is 11.5 Å². The van der Waals surface area contributed by atoms with Crippen LogP contribution < -0.4 is 10.1 Å². The lowest BCUT2D eigenvalue weighted by Gasteiger charge is -2.46. The zero-order chi connectivity index (χ0) is 36.5. The summed E-state index contributed by atoms with van der Waals surface area (Å²) < 4.78 is 42.7. The second kappa shape index (κ2) is 14.3. The van der Waals surface area contributed by atoms with Gasteiger partial charge in [-0.25, -0.2) is 22.9 Å². The van der Waals surface area contributed by atoms with Gasteiger partial charge in [-0.3, -0.25) is 9.59 Å². The molecule has 2 aromatic heterocycles. The number of ketones is 1. The average molecular weight is 702 g/mol. The Labute approximate surface area is 281 Å². The normalized spacial score (nSPS) is 21.8. The Hall–Kier alpha value is -5.21. The number of aromatic nitrogens is 6. The molecule has 0 radical (unpaired) electrons. The topological polar surface area (TPSA) is 244 Å². The highest BCUT2D eigenvalue weighted by Gasteiger charge is 2.57. The Bertz CT molecular complexity index is 1900. The number of carboxylic acid groups (broad SMARTS) is 1. The number of halogens is 2. The fraction of sp³-hybridized carbons (Fsp3) is 0.387. The molecule has 50 heavy (non-hydrogen) atoms. The molecule has 6 N–H and O–H groups in total. The van der Waals surface area contributed by atoms with Gasteiger partial charge in [0.1, 0.15) is 29.8 Å². The molecule has 0 bridgehead atoms. The maximum Gasteiger partial charge on any atom is 0.377 e. The van der Waals surface area contributed by atoms with Crippen LogP contribution in [-0.4, -0.2) is 116 Å². The fourth-order valence-electron chi connectivity index (χ4n) is 5.57. The molecule has 1 amide bonds. The number of Topliss-reactive ketones (excluding diaryl/α,β-unsaturated/α-hetero) is 1. The van der Waals surface area contributed by atoms with Crippen molar-refractivity contribution in [2.24, 2.45) is 0 Å². The molecule has 1 fully saturated rings. The molecule has 0 aliphatic carbocycles. The number of nitrogens with one attached hydrogen (secondary N) is 1. The Morgan fingerprint density at radius 1 is 1.10 bits per heavy atom. The predicted molar refractivity (Wildman–Crippen MR) is 165 cm³/mol. The second-order valence-corrected chi connectivity index (χ2v) is 11.6. The van der Waals surface area contributed by atoms with Crippen molar-refractivity contribution < 1.29 is 58.2 Å². The molecule has 266 valence electrons. The van der Waals surface area contributed by atoms with Crippen molar-refractivity contribution in [3.8, 4) is 28.4 Å². The number of carboxylic acids is 1. The summed E-state index contributed by atoms with van der Waals surface area (Å²) in [6, 6.07) is 8.72. The summed E-state index contributed by atoms with van der Waals surface area (Å²) in [6.45, 7) is 3.15. The summed E-state index contributed by atoms with van der Waals surface area (Å²) in [5.74, 6) is -6.37. The summed E-state index contributed by atoms with van der Waals surface area (Å²) in [5.41, 5.74) is 1.52. The number of hydrogen-bond donors (Lipinski definition) is 6. The zero-order valence-corrected chi connectivity index (χ0v) is 26.7. The molecular weight excluding hydrogens is 668 g/mol. The highest BCUT2D eigenvalue weighted by Crippen LogP contribution is 2.39. The van der Waals surface area contributed by atoms with Gasteiger partial charge in [-0.05, 0) is 37.3 Å². The first-order valence-corrected chi connectivity index (χ1v) is 15.1. The third kappa shape index (κ3) is 7.07. The van der Waals surface area contributed by atoms with Crippen LogP contribution in [0.2, 0.25) is 0 Å². The molecule has 1 saturated heterocycles. The van der Waals surface area contributed by atoms with E-state index in [4.69, 9.17) is 9.47 Å². The number of ether oxygens (including phenoxy) is 2. The number of benzene rings is 2. The minimum Gasteiger partial charge on any atom is -0.476 e. The molecule has 0 saturated carbocycles. The second-order valence-electron chi connectivity index (χ2n) is 11.6. The number of aliphatic hydroxyl groups is 4. The number of aliphatic carboxylic acids is 1. The van der Waals surface area contributed by atoms with Gasteiger partial charge in [0.25, 0.3) is 6.43 Å². The van der Waals surface area contributed by atoms with E-state index < -0.39 is 78.9 Å². The van der Waals surface area contributed by atoms with Crippen LogP contribution in [0.3, 0.4) is 0 Å². The third-order valence-electron chi connectivity index (χ3n) is 8.06. The van der Waals surface area contributed by atoms with E-state index in [0.29, 0.717) is 22.6 Å². The van der Waals surface area contributed by atoms with Crippen LogP contribution in [0.1, 0.15) is 48.4 Å². The third-order valence-corrected chi connectivity index (χ3v) is 8.06. The van der Waals surface area contributed by atoms with Crippen molar-refractivity contribution in [1.29, 1.82) is 0 Å². The van der Waals surface area contributed by atoms with Crippen LogP contribution in [-0.2, 0) is 14.3 Å². The van der Waals surface area contributed by atoms with Crippen molar-refractivity contribution in [2.75, 3.05) is 6.61 Å². The Kier molecular flexibility index (Phi) is 10.3. The number of hydrogen-bond acceptors (Lipinski definition) is 13. The summed E-state index contributed by atoms with van der Waals surface area (Å²) in [5, 5.41) is 69.5. The lowest BCUT2D eigenvalue weighted by Crippen LogP contribution is -2.68. The van der Waals surface area contributed by atoms with Gasteiger partial charge in [-0.15, -0.1) is 10.2 Å². The van der Waals surface area contributed by atoms with Gasteiger partial charge < -0.3 is 40.3 Å². The molecule has 1 aliphatic heterocycles. The molecule has 6 atom stereocenters. The van der Waals surface area contributed by atoms with Crippen LogP contribution in [0.4, 0.5) is 8.78 Å². The number of rotatable bonds is 12. The molecule has 17 nitrogen and oxygen atoms in total. The van der Waals surface area contributed by atoms with Crippen LogP contribution in [0.15, 0.2) is 48.7 Å². The lowest BCUT2D eigenvalue weighted by atomic mass is 9.88. The molecule has 0 unspecified atom stereocenters. The SMILES string of the molecule is CC(=O)N[C@H]1[C@H]([C@H](O)[C@H](O)CO)O[C@@](Oc2ccc(-n3cc(-c4cccc(-n5nnc(C(C)=O)c5C)c4)nn3)cc2C(F)F)(C(=O)O)C[C@@H]1O. The monoisotopic (exact) mass is 701 g/mol. The molecule has 1 aliphatic rings. The zero-order valence-electron chi connectivity index (χ0n) is 26.7. The number of carbonyl (C=O) groups is 3. The number of nitrogens with zero attached hydrogens (tertiary/aromatic N) is 6. The lowest BCUT2D eigenvalue weighted by molar-refractivity contribution is -0.284. The van der Waals surface area contributed by atoms with Crippen molar-refractivity contribution in [2.45, 2.75) is 69.9 Å². The van der Waals surface area contributed by atoms with E-state index in [1.54, 1.807) is 31.2 Å². The molecule has 4 aromatic rings. The van der Waals surface area contributed by atoms with Gasteiger partial charge >= 0.3 is 11.8 Å². The van der Waals surface area contributed by atoms with Crippen LogP contribution in [0.5, 0.6) is 5.75 Å². The molecule has 19 heteroatoms. The van der Waals surface area contributed by atoms with Gasteiger partial charge in [-0.1, -0.05) is 22.6 Å². The molecule has 5 rings (SSSR count). The summed E-state index contributed by atoms with van der Waals surface area (Å²) in [7, 11) is 0. The van der Waals surface area contributed by atoms with Gasteiger partial charge in [-0.2, -0.15) is 0 Å². The largest absolute Gasteiger partial charge is 0.476 e. The standard InChI is InChI=1S/C31H33F2N7O10/c1-14-25(15(2)42)36-38-40(14)19-6-4-5-17(9-19)21-12-39(37-35-21)18-7-8-24(20(10-18)29(32)33)49-31(30(47)48)11-22(44)26(34-16(3)43)28(50-31)27(46)23(45)13-41/h4-10,12,22-23,26-29,41,44-46H,11,13H2,1-3H3,(H,34,43)(H,47,48)/t22-,23+,26+,27+,28+,31+/m0/s1. The molecule has 3 heterocycles. The van der Waals surface area contributed by atoms with E-state index in [0.717, 1.165) is 19.1 Å². The Morgan fingerprint density at radius 2 is 1.84 bits per heavy atom. The summed E-state index contributed by atoms with van der Waals surface area (Å²) >= 11 is 0. The van der Waals surface area contributed by atoms with E-state index in [9.17, 15) is 48.7 Å². The smallest absolute Gasteiger partial charge is 0.377 e. The number of alkyl halides is 2. The first-order valence-electron chi connectivity index (χ1n) is 15.1. The summed E-state index contributed by atoms with van der Waals surface area (Å²) in [4.78, 5) is 36.2. The molecule has 2 aromatic carbocycles.